The fourth-order valence-electron chi connectivity index (χ4n) is 2.91. The number of carbonyl (C=O) groups is 6. The van der Waals surface area contributed by atoms with Gasteiger partial charge in [0.25, 0.3) is 0 Å². The van der Waals surface area contributed by atoms with Crippen LogP contribution in [0.4, 0.5) is 0 Å². The van der Waals surface area contributed by atoms with Crippen LogP contribution in [0.5, 0.6) is 0 Å². The molecule has 0 aromatic rings. The van der Waals surface area contributed by atoms with Crippen LogP contribution in [0.25, 0.3) is 0 Å². The van der Waals surface area contributed by atoms with Crippen LogP contribution >= 0.6 is 0 Å². The van der Waals surface area contributed by atoms with Gasteiger partial charge in [-0.15, -0.1) is 0 Å². The minimum absolute atomic E-state index is 0.0558. The Morgan fingerprint density at radius 3 is 1.58 bits per heavy atom. The van der Waals surface area contributed by atoms with Gasteiger partial charge in [-0.2, -0.15) is 0 Å². The van der Waals surface area contributed by atoms with E-state index in [4.69, 9.17) is 19.7 Å². The van der Waals surface area contributed by atoms with Gasteiger partial charge in [0.05, 0.1) is 5.41 Å². The maximum Gasteiger partial charge on any atom is 0.319 e. The molecule has 176 valence electrons. The number of unbranched alkanes of at least 4 members (excludes halogenated alkanes) is 2. The zero-order valence-electron chi connectivity index (χ0n) is 18.3. The summed E-state index contributed by atoms with van der Waals surface area (Å²) in [6.45, 7) is 4.84. The monoisotopic (exact) mass is 444 g/mol. The third-order valence-corrected chi connectivity index (χ3v) is 4.40. The molecule has 0 heterocycles. The fraction of sp³-hybridized carbons (Fsp3) is 0.714. The van der Waals surface area contributed by atoms with Gasteiger partial charge in [0.2, 0.25) is 0 Å². The first-order valence-electron chi connectivity index (χ1n) is 10.3. The molecular formula is C21H32O10. The lowest BCUT2D eigenvalue weighted by Crippen LogP contribution is -2.31. The van der Waals surface area contributed by atoms with Crippen molar-refractivity contribution < 1.29 is 48.5 Å². The fourth-order valence-corrected chi connectivity index (χ4v) is 2.91. The molecule has 0 aromatic heterocycles. The van der Waals surface area contributed by atoms with Crippen molar-refractivity contribution in [2.24, 2.45) is 11.3 Å². The van der Waals surface area contributed by atoms with Gasteiger partial charge in [-0.3, -0.25) is 28.8 Å². The maximum absolute atomic E-state index is 12.3. The van der Waals surface area contributed by atoms with Gasteiger partial charge in [0.1, 0.15) is 0 Å². The van der Waals surface area contributed by atoms with Crippen molar-refractivity contribution in [2.75, 3.05) is 0 Å². The number of hydrogen-bond acceptors (Lipinski definition) is 8. The van der Waals surface area contributed by atoms with Crippen LogP contribution < -0.4 is 0 Å². The molecule has 0 bridgehead atoms. The van der Waals surface area contributed by atoms with Crippen LogP contribution in [0.15, 0.2) is 0 Å². The first-order valence-corrected chi connectivity index (χ1v) is 10.3. The number of hydrogen-bond donors (Lipinski definition) is 2. The largest absolute Gasteiger partial charge is 0.481 e. The van der Waals surface area contributed by atoms with E-state index in [9.17, 15) is 28.8 Å². The van der Waals surface area contributed by atoms with E-state index >= 15 is 0 Å². The van der Waals surface area contributed by atoms with Gasteiger partial charge in [0.15, 0.2) is 0 Å². The molecule has 0 aliphatic heterocycles. The maximum atomic E-state index is 12.3. The van der Waals surface area contributed by atoms with E-state index in [1.54, 1.807) is 20.8 Å². The van der Waals surface area contributed by atoms with Gasteiger partial charge in [-0.25, -0.2) is 0 Å². The van der Waals surface area contributed by atoms with Gasteiger partial charge in [0, 0.05) is 32.1 Å². The molecule has 0 radical (unpaired) electrons. The second-order valence-corrected chi connectivity index (χ2v) is 8.21. The Morgan fingerprint density at radius 2 is 1.13 bits per heavy atom. The Hall–Kier alpha value is -2.78. The highest BCUT2D eigenvalue weighted by atomic mass is 16.6. The SMILES string of the molecule is CC(CC(=O)OC(=O)CCCCC(=O)O)CC(C)(C)C(=O)OC(=O)CCCCC(=O)O. The summed E-state index contributed by atoms with van der Waals surface area (Å²) < 4.78 is 9.53. The Morgan fingerprint density at radius 1 is 0.710 bits per heavy atom. The number of ether oxygens (including phenoxy) is 2. The Bertz CT molecular complexity index is 665. The van der Waals surface area contributed by atoms with Crippen LogP contribution in [-0.4, -0.2) is 46.0 Å². The van der Waals surface area contributed by atoms with Crippen LogP contribution in [0.1, 0.15) is 85.0 Å². The van der Waals surface area contributed by atoms with Crippen molar-refractivity contribution in [1.29, 1.82) is 0 Å². The quantitative estimate of drug-likeness (QED) is 0.218. The van der Waals surface area contributed by atoms with Gasteiger partial charge in [-0.05, 0) is 51.9 Å². The van der Waals surface area contributed by atoms with Crippen molar-refractivity contribution in [3.63, 3.8) is 0 Å². The van der Waals surface area contributed by atoms with E-state index in [-0.39, 0.29) is 44.4 Å². The number of carboxylic acid groups (broad SMARTS) is 2. The first kappa shape index (κ1) is 28.2. The van der Waals surface area contributed by atoms with Crippen molar-refractivity contribution in [3.8, 4) is 0 Å². The Balaban J connectivity index is 4.30. The lowest BCUT2D eigenvalue weighted by molar-refractivity contribution is -0.168. The molecule has 1 unspecified atom stereocenters. The molecule has 0 aromatic carbocycles. The van der Waals surface area contributed by atoms with Crippen LogP contribution in [0.3, 0.4) is 0 Å². The van der Waals surface area contributed by atoms with Gasteiger partial charge in [-0.1, -0.05) is 6.92 Å². The number of carboxylic acids is 2. The van der Waals surface area contributed by atoms with Crippen LogP contribution in [-0.2, 0) is 38.2 Å². The molecule has 0 saturated heterocycles. The molecule has 0 saturated carbocycles. The summed E-state index contributed by atoms with van der Waals surface area (Å²) >= 11 is 0. The minimum Gasteiger partial charge on any atom is -0.481 e. The van der Waals surface area contributed by atoms with E-state index in [0.29, 0.717) is 25.7 Å². The predicted octanol–water partition coefficient (Wildman–Crippen LogP) is 2.86. The standard InChI is InChI=1S/C21H32O10/c1-14(12-19(28)30-17(26)10-6-4-8-15(22)23)13-21(2,3)20(29)31-18(27)11-7-5-9-16(24)25/h14H,4-13H2,1-3H3,(H,22,23)(H,24,25). The summed E-state index contributed by atoms with van der Waals surface area (Å²) in [5, 5.41) is 17.1. The Labute approximate surface area is 181 Å². The van der Waals surface area contributed by atoms with E-state index in [2.05, 4.69) is 0 Å². The highest BCUT2D eigenvalue weighted by Gasteiger charge is 2.33. The minimum atomic E-state index is -1.06. The second kappa shape index (κ2) is 14.3. The van der Waals surface area contributed by atoms with Crippen LogP contribution in [0.2, 0.25) is 0 Å². The summed E-state index contributed by atoms with van der Waals surface area (Å²) in [7, 11) is 0. The van der Waals surface area contributed by atoms with E-state index < -0.39 is 41.2 Å². The Kier molecular flexibility index (Phi) is 13.0. The molecule has 10 heteroatoms. The average Bonchev–Trinajstić information content (AvgIpc) is 2.61. The highest BCUT2D eigenvalue weighted by molar-refractivity contribution is 5.88. The average molecular weight is 444 g/mol. The summed E-state index contributed by atoms with van der Waals surface area (Å²) in [6, 6.07) is 0. The molecule has 10 nitrogen and oxygen atoms in total. The molecule has 0 aliphatic carbocycles. The summed E-state index contributed by atoms with van der Waals surface area (Å²) in [5.41, 5.74) is -1.06. The first-order chi connectivity index (χ1) is 14.3. The van der Waals surface area contributed by atoms with E-state index in [1.807, 2.05) is 0 Å². The molecule has 0 amide bonds. The third-order valence-electron chi connectivity index (χ3n) is 4.40. The molecule has 2 N–H and O–H groups in total. The van der Waals surface area contributed by atoms with Gasteiger partial charge >= 0.3 is 35.8 Å². The van der Waals surface area contributed by atoms with E-state index in [1.165, 1.54) is 0 Å². The van der Waals surface area contributed by atoms with E-state index in [0.717, 1.165) is 0 Å². The summed E-state index contributed by atoms with van der Waals surface area (Å²) in [4.78, 5) is 68.3. The molecule has 0 rings (SSSR count). The molecular weight excluding hydrogens is 412 g/mol. The van der Waals surface area contributed by atoms with Gasteiger partial charge < -0.3 is 19.7 Å². The zero-order valence-corrected chi connectivity index (χ0v) is 18.3. The molecule has 31 heavy (non-hydrogen) atoms. The highest BCUT2D eigenvalue weighted by Crippen LogP contribution is 2.29. The summed E-state index contributed by atoms with van der Waals surface area (Å²) in [6.07, 6.45) is 1.07. The number of esters is 4. The predicted molar refractivity (Wildman–Crippen MR) is 107 cm³/mol. The number of rotatable bonds is 15. The smallest absolute Gasteiger partial charge is 0.319 e. The summed E-state index contributed by atoms with van der Waals surface area (Å²) in [5.74, 6) is -5.20. The number of carbonyl (C=O) groups excluding carboxylic acids is 4. The lowest BCUT2D eigenvalue weighted by atomic mass is 9.82. The van der Waals surface area contributed by atoms with Crippen molar-refractivity contribution in [3.05, 3.63) is 0 Å². The molecule has 1 atom stereocenters. The van der Waals surface area contributed by atoms with Crippen molar-refractivity contribution in [1.82, 2.24) is 0 Å². The lowest BCUT2D eigenvalue weighted by Gasteiger charge is -2.25. The normalized spacial score (nSPS) is 12.0. The van der Waals surface area contributed by atoms with Crippen molar-refractivity contribution in [2.45, 2.75) is 85.0 Å². The van der Waals surface area contributed by atoms with Crippen LogP contribution in [0, 0.1) is 11.3 Å². The van der Waals surface area contributed by atoms with Crippen molar-refractivity contribution >= 4 is 35.8 Å². The molecule has 0 spiro atoms. The topological polar surface area (TPSA) is 161 Å². The zero-order chi connectivity index (χ0) is 24.0. The second-order valence-electron chi connectivity index (χ2n) is 8.21. The third kappa shape index (κ3) is 14.8. The molecule has 0 fully saturated rings. The number of aliphatic carboxylic acids is 2. The molecule has 0 aliphatic rings.